The van der Waals surface area contributed by atoms with E-state index in [0.717, 1.165) is 24.8 Å². The van der Waals surface area contributed by atoms with Crippen LogP contribution in [0.3, 0.4) is 0 Å². The molecule has 3 saturated carbocycles. The van der Waals surface area contributed by atoms with E-state index in [0.29, 0.717) is 53.8 Å². The third-order valence-corrected chi connectivity index (χ3v) is 8.30. The molecular weight excluding hydrogens is 360 g/mol. The molecule has 0 spiro atoms. The number of hydrogen-bond donors (Lipinski definition) is 2. The Labute approximate surface area is 177 Å². The molecule has 0 aromatic carbocycles. The van der Waals surface area contributed by atoms with E-state index in [2.05, 4.69) is 32.6 Å². The zero-order valence-electron chi connectivity index (χ0n) is 18.6. The van der Waals surface area contributed by atoms with Gasteiger partial charge in [-0.25, -0.2) is 0 Å². The SMILES string of the molecule is C=C1[C@H](O)CC(=C/C=C2\CCC[C@]3(C)[C@@H]([C@H](C)CCC(=O)CC)CC[C@@H]23)C[C@H]1O. The summed E-state index contributed by atoms with van der Waals surface area (Å²) in [6.45, 7) is 10.6. The zero-order valence-corrected chi connectivity index (χ0v) is 18.6. The van der Waals surface area contributed by atoms with Gasteiger partial charge in [0.15, 0.2) is 0 Å². The van der Waals surface area contributed by atoms with Crippen molar-refractivity contribution in [2.45, 2.75) is 97.2 Å². The molecule has 0 bridgehead atoms. The van der Waals surface area contributed by atoms with Gasteiger partial charge in [-0.2, -0.15) is 0 Å². The number of aliphatic hydroxyl groups is 2. The molecule has 0 saturated heterocycles. The molecule has 3 aliphatic carbocycles. The molecule has 0 unspecified atom stereocenters. The van der Waals surface area contributed by atoms with Crippen LogP contribution in [0.2, 0.25) is 0 Å². The Bertz CT molecular complexity index is 672. The van der Waals surface area contributed by atoms with Crippen LogP contribution in [-0.4, -0.2) is 28.2 Å². The van der Waals surface area contributed by atoms with E-state index in [-0.39, 0.29) is 0 Å². The zero-order chi connectivity index (χ0) is 21.2. The molecule has 0 heterocycles. The fourth-order valence-corrected chi connectivity index (χ4v) is 6.41. The number of Topliss-reactive ketones (excluding diaryl/α,β-unsaturated/α-hetero) is 1. The summed E-state index contributed by atoms with van der Waals surface area (Å²) in [7, 11) is 0. The number of allylic oxidation sites excluding steroid dienone is 3. The largest absolute Gasteiger partial charge is 0.388 e. The molecule has 3 heteroatoms. The van der Waals surface area contributed by atoms with Crippen LogP contribution >= 0.6 is 0 Å². The minimum Gasteiger partial charge on any atom is -0.388 e. The van der Waals surface area contributed by atoms with E-state index in [1.54, 1.807) is 5.57 Å². The van der Waals surface area contributed by atoms with E-state index in [1.165, 1.54) is 25.7 Å². The highest BCUT2D eigenvalue weighted by molar-refractivity contribution is 5.77. The smallest absolute Gasteiger partial charge is 0.132 e. The molecular formula is C26H40O3. The molecule has 0 radical (unpaired) electrons. The van der Waals surface area contributed by atoms with Gasteiger partial charge in [0, 0.05) is 12.8 Å². The number of carbonyl (C=O) groups excluding carboxylic acids is 1. The van der Waals surface area contributed by atoms with Gasteiger partial charge < -0.3 is 10.2 Å². The van der Waals surface area contributed by atoms with Crippen LogP contribution in [0.4, 0.5) is 0 Å². The Morgan fingerprint density at radius 2 is 1.93 bits per heavy atom. The van der Waals surface area contributed by atoms with Crippen LogP contribution in [0.5, 0.6) is 0 Å². The first-order chi connectivity index (χ1) is 13.8. The molecule has 0 amide bonds. The van der Waals surface area contributed by atoms with E-state index < -0.39 is 12.2 Å². The van der Waals surface area contributed by atoms with Crippen molar-refractivity contribution in [2.75, 3.05) is 0 Å². The van der Waals surface area contributed by atoms with Gasteiger partial charge in [-0.3, -0.25) is 4.79 Å². The number of hydrogen-bond acceptors (Lipinski definition) is 3. The Hall–Kier alpha value is -1.19. The lowest BCUT2D eigenvalue weighted by molar-refractivity contribution is -0.119. The van der Waals surface area contributed by atoms with Crippen molar-refractivity contribution < 1.29 is 15.0 Å². The second kappa shape index (κ2) is 9.31. The normalized spacial score (nSPS) is 37.5. The van der Waals surface area contributed by atoms with Gasteiger partial charge in [-0.1, -0.05) is 50.6 Å². The van der Waals surface area contributed by atoms with Gasteiger partial charge in [-0.05, 0) is 80.1 Å². The first-order valence-electron chi connectivity index (χ1n) is 11.7. The van der Waals surface area contributed by atoms with Crippen LogP contribution in [0.1, 0.15) is 85.0 Å². The Kier molecular flexibility index (Phi) is 7.22. The molecule has 6 atom stereocenters. The molecule has 3 rings (SSSR count). The summed E-state index contributed by atoms with van der Waals surface area (Å²) in [4.78, 5) is 11.8. The van der Waals surface area contributed by atoms with Crippen LogP contribution in [0.15, 0.2) is 35.5 Å². The lowest BCUT2D eigenvalue weighted by atomic mass is 9.60. The summed E-state index contributed by atoms with van der Waals surface area (Å²) in [5, 5.41) is 20.2. The van der Waals surface area contributed by atoms with Crippen molar-refractivity contribution in [1.29, 1.82) is 0 Å². The summed E-state index contributed by atoms with van der Waals surface area (Å²) in [6.07, 6.45) is 13.0. The Morgan fingerprint density at radius 3 is 2.59 bits per heavy atom. The van der Waals surface area contributed by atoms with Crippen molar-refractivity contribution in [2.24, 2.45) is 23.2 Å². The summed E-state index contributed by atoms with van der Waals surface area (Å²) < 4.78 is 0. The molecule has 3 nitrogen and oxygen atoms in total. The number of fused-ring (bicyclic) bond motifs is 1. The van der Waals surface area contributed by atoms with Gasteiger partial charge in [0.05, 0.1) is 12.2 Å². The number of aliphatic hydroxyl groups excluding tert-OH is 2. The minimum atomic E-state index is -0.623. The van der Waals surface area contributed by atoms with Gasteiger partial charge >= 0.3 is 0 Å². The van der Waals surface area contributed by atoms with Gasteiger partial charge in [0.1, 0.15) is 5.78 Å². The first kappa shape index (κ1) is 22.5. The second-order valence-corrected chi connectivity index (χ2v) is 10.1. The first-order valence-corrected chi connectivity index (χ1v) is 11.7. The summed E-state index contributed by atoms with van der Waals surface area (Å²) in [5.74, 6) is 2.34. The maximum Gasteiger partial charge on any atom is 0.132 e. The van der Waals surface area contributed by atoms with Gasteiger partial charge in [0.2, 0.25) is 0 Å². The lowest BCUT2D eigenvalue weighted by Crippen LogP contribution is -2.36. The molecule has 29 heavy (non-hydrogen) atoms. The highest BCUT2D eigenvalue weighted by atomic mass is 16.3. The van der Waals surface area contributed by atoms with Crippen molar-refractivity contribution in [1.82, 2.24) is 0 Å². The molecule has 0 aromatic rings. The maximum absolute atomic E-state index is 11.8. The van der Waals surface area contributed by atoms with E-state index in [1.807, 2.05) is 6.92 Å². The molecule has 3 fully saturated rings. The van der Waals surface area contributed by atoms with Crippen molar-refractivity contribution >= 4 is 5.78 Å². The average molecular weight is 401 g/mol. The van der Waals surface area contributed by atoms with Crippen molar-refractivity contribution in [3.05, 3.63) is 35.5 Å². The molecule has 0 aliphatic heterocycles. The molecule has 3 aliphatic rings. The summed E-state index contributed by atoms with van der Waals surface area (Å²) in [5.41, 5.74) is 3.57. The predicted molar refractivity (Wildman–Crippen MR) is 118 cm³/mol. The van der Waals surface area contributed by atoms with Crippen LogP contribution < -0.4 is 0 Å². The van der Waals surface area contributed by atoms with E-state index >= 15 is 0 Å². The third kappa shape index (κ3) is 4.77. The highest BCUT2D eigenvalue weighted by Gasteiger charge is 2.50. The molecule has 162 valence electrons. The fraction of sp³-hybridized carbons (Fsp3) is 0.731. The monoisotopic (exact) mass is 400 g/mol. The van der Waals surface area contributed by atoms with Crippen LogP contribution in [0, 0.1) is 23.2 Å². The summed E-state index contributed by atoms with van der Waals surface area (Å²) in [6, 6.07) is 0. The van der Waals surface area contributed by atoms with Crippen LogP contribution in [-0.2, 0) is 4.79 Å². The number of carbonyl (C=O) groups is 1. The Morgan fingerprint density at radius 1 is 1.24 bits per heavy atom. The lowest BCUT2D eigenvalue weighted by Gasteiger charge is -2.44. The van der Waals surface area contributed by atoms with Crippen LogP contribution in [0.25, 0.3) is 0 Å². The third-order valence-electron chi connectivity index (χ3n) is 8.30. The van der Waals surface area contributed by atoms with Crippen molar-refractivity contribution in [3.8, 4) is 0 Å². The molecule has 2 N–H and O–H groups in total. The standard InChI is InChI=1S/C26H40O3/c1-5-21(27)11-8-17(2)22-12-13-23-20(7-6-14-26(22,23)4)10-9-19-15-24(28)18(3)25(29)16-19/h9-10,17,22-25,28-29H,3,5-8,11-16H2,1-2,4H3/b20-10+/t17-,22-,23+,24-,25-,26-/m1/s1. The maximum atomic E-state index is 11.8. The number of rotatable bonds is 6. The van der Waals surface area contributed by atoms with Gasteiger partial charge in [0.25, 0.3) is 0 Å². The van der Waals surface area contributed by atoms with E-state index in [9.17, 15) is 15.0 Å². The average Bonchev–Trinajstić information content (AvgIpc) is 3.05. The van der Waals surface area contributed by atoms with E-state index in [4.69, 9.17) is 0 Å². The highest BCUT2D eigenvalue weighted by Crippen LogP contribution is 2.59. The topological polar surface area (TPSA) is 57.5 Å². The second-order valence-electron chi connectivity index (χ2n) is 10.1. The summed E-state index contributed by atoms with van der Waals surface area (Å²) >= 11 is 0. The fourth-order valence-electron chi connectivity index (χ4n) is 6.41. The number of ketones is 1. The van der Waals surface area contributed by atoms with Gasteiger partial charge in [-0.15, -0.1) is 0 Å². The predicted octanol–water partition coefficient (Wildman–Crippen LogP) is 5.52. The minimum absolute atomic E-state index is 0.344. The Balaban J connectivity index is 1.71. The van der Waals surface area contributed by atoms with Crippen molar-refractivity contribution in [3.63, 3.8) is 0 Å². The quantitative estimate of drug-likeness (QED) is 0.577. The molecule has 0 aromatic heterocycles.